The average molecular weight is 472 g/mol. The lowest BCUT2D eigenvalue weighted by molar-refractivity contribution is -0.126. The molecule has 4 aliphatic carbocycles. The van der Waals surface area contributed by atoms with Gasteiger partial charge in [0.05, 0.1) is 17.6 Å². The van der Waals surface area contributed by atoms with Gasteiger partial charge in [-0.3, -0.25) is 23.5 Å². The second kappa shape index (κ2) is 8.51. The first kappa shape index (κ1) is 22.3. The van der Waals surface area contributed by atoms with E-state index in [9.17, 15) is 14.4 Å². The molecular formula is C29H33N3O3. The number of nitrogens with zero attached hydrogens (tertiary/aromatic N) is 2. The van der Waals surface area contributed by atoms with E-state index in [1.54, 1.807) is 0 Å². The number of para-hydroxylation sites is 2. The highest BCUT2D eigenvalue weighted by Crippen LogP contribution is 2.61. The van der Waals surface area contributed by atoms with Crippen LogP contribution in [-0.4, -0.2) is 21.1 Å². The zero-order valence-corrected chi connectivity index (χ0v) is 20.3. The molecule has 3 aromatic rings. The fourth-order valence-electron chi connectivity index (χ4n) is 7.74. The molecular weight excluding hydrogens is 438 g/mol. The number of benzene rings is 2. The minimum Gasteiger partial charge on any atom is -0.352 e. The Bertz CT molecular complexity index is 1350. The molecule has 35 heavy (non-hydrogen) atoms. The summed E-state index contributed by atoms with van der Waals surface area (Å²) in [4.78, 5) is 39.5. The van der Waals surface area contributed by atoms with Crippen molar-refractivity contribution in [3.63, 3.8) is 0 Å². The first-order valence-electron chi connectivity index (χ1n) is 13.0. The van der Waals surface area contributed by atoms with Crippen molar-refractivity contribution in [1.29, 1.82) is 0 Å². The quantitative estimate of drug-likeness (QED) is 0.554. The minimum atomic E-state index is -0.655. The number of nitrogens with one attached hydrogen (secondary N) is 1. The van der Waals surface area contributed by atoms with E-state index in [0.29, 0.717) is 17.6 Å². The van der Waals surface area contributed by atoms with Crippen molar-refractivity contribution in [3.8, 4) is 0 Å². The molecule has 1 atom stereocenters. The zero-order valence-electron chi connectivity index (χ0n) is 20.3. The van der Waals surface area contributed by atoms with Crippen LogP contribution in [0.25, 0.3) is 11.0 Å². The molecule has 1 unspecified atom stereocenters. The molecule has 4 aliphatic rings. The maximum absolute atomic E-state index is 13.2. The van der Waals surface area contributed by atoms with Crippen LogP contribution < -0.4 is 16.4 Å². The first-order valence-corrected chi connectivity index (χ1v) is 13.0. The highest BCUT2D eigenvalue weighted by Gasteiger charge is 2.53. The number of rotatable bonds is 6. The summed E-state index contributed by atoms with van der Waals surface area (Å²) in [5.74, 6) is 2.24. The fourth-order valence-corrected chi connectivity index (χ4v) is 7.74. The van der Waals surface area contributed by atoms with Crippen LogP contribution >= 0.6 is 0 Å². The molecule has 0 saturated heterocycles. The van der Waals surface area contributed by atoms with Crippen LogP contribution in [0.4, 0.5) is 0 Å². The molecule has 1 aromatic heterocycles. The predicted octanol–water partition coefficient (Wildman–Crippen LogP) is 3.93. The summed E-state index contributed by atoms with van der Waals surface area (Å²) in [7, 11) is 0. The Morgan fingerprint density at radius 1 is 0.857 bits per heavy atom. The van der Waals surface area contributed by atoms with E-state index in [2.05, 4.69) is 12.2 Å². The number of amides is 1. The maximum Gasteiger partial charge on any atom is 0.317 e. The average Bonchev–Trinajstić information content (AvgIpc) is 2.84. The van der Waals surface area contributed by atoms with Gasteiger partial charge < -0.3 is 5.32 Å². The van der Waals surface area contributed by atoms with Crippen LogP contribution in [0.3, 0.4) is 0 Å². The van der Waals surface area contributed by atoms with E-state index in [1.807, 2.05) is 54.6 Å². The van der Waals surface area contributed by atoms with E-state index < -0.39 is 11.1 Å². The number of carbonyl (C=O) groups is 1. The number of hydrogen-bond donors (Lipinski definition) is 1. The summed E-state index contributed by atoms with van der Waals surface area (Å²) in [6, 6.07) is 17.0. The third-order valence-electron chi connectivity index (χ3n) is 9.00. The van der Waals surface area contributed by atoms with Crippen molar-refractivity contribution in [2.45, 2.75) is 64.6 Å². The summed E-state index contributed by atoms with van der Waals surface area (Å²) >= 11 is 0. The minimum absolute atomic E-state index is 0.0730. The molecule has 7 rings (SSSR count). The number of aromatic nitrogens is 2. The van der Waals surface area contributed by atoms with Gasteiger partial charge >= 0.3 is 11.1 Å². The Labute approximate surface area is 205 Å². The van der Waals surface area contributed by atoms with Crippen LogP contribution in [-0.2, 0) is 17.9 Å². The highest BCUT2D eigenvalue weighted by molar-refractivity contribution is 5.80. The number of hydrogen-bond acceptors (Lipinski definition) is 3. The van der Waals surface area contributed by atoms with E-state index >= 15 is 0 Å². The van der Waals surface area contributed by atoms with Crippen molar-refractivity contribution in [2.24, 2.45) is 23.2 Å². The molecule has 182 valence electrons. The molecule has 1 amide bonds. The van der Waals surface area contributed by atoms with Crippen LogP contribution in [0, 0.1) is 23.2 Å². The van der Waals surface area contributed by atoms with E-state index in [1.165, 1.54) is 47.7 Å². The van der Waals surface area contributed by atoms with E-state index in [0.717, 1.165) is 23.3 Å². The summed E-state index contributed by atoms with van der Waals surface area (Å²) in [5.41, 5.74) is 1.13. The number of carbonyl (C=O) groups excluding carboxylic acids is 1. The van der Waals surface area contributed by atoms with Gasteiger partial charge in [0.1, 0.15) is 6.54 Å². The Kier molecular flexibility index (Phi) is 5.42. The van der Waals surface area contributed by atoms with Gasteiger partial charge in [-0.25, -0.2) is 0 Å². The van der Waals surface area contributed by atoms with Gasteiger partial charge in [-0.1, -0.05) is 42.5 Å². The lowest BCUT2D eigenvalue weighted by atomic mass is 9.48. The summed E-state index contributed by atoms with van der Waals surface area (Å²) in [5, 5.41) is 3.24. The Morgan fingerprint density at radius 2 is 1.37 bits per heavy atom. The molecule has 6 heteroatoms. The van der Waals surface area contributed by atoms with Gasteiger partial charge in [-0.05, 0) is 86.3 Å². The van der Waals surface area contributed by atoms with Crippen LogP contribution in [0.2, 0.25) is 0 Å². The van der Waals surface area contributed by atoms with Gasteiger partial charge in [0.2, 0.25) is 5.91 Å². The second-order valence-corrected chi connectivity index (χ2v) is 11.3. The van der Waals surface area contributed by atoms with E-state index in [-0.39, 0.29) is 23.9 Å². The smallest absolute Gasteiger partial charge is 0.317 e. The van der Waals surface area contributed by atoms with Crippen LogP contribution in [0.5, 0.6) is 0 Å². The third kappa shape index (κ3) is 3.93. The predicted molar refractivity (Wildman–Crippen MR) is 136 cm³/mol. The lowest BCUT2D eigenvalue weighted by Gasteiger charge is -2.59. The SMILES string of the molecule is CC(NC(=O)Cn1c(=O)c(=O)n(Cc2ccccc2)c2ccccc21)C12CC3CC(CC(C3)C1)C2. The lowest BCUT2D eigenvalue weighted by Crippen LogP contribution is -2.56. The van der Waals surface area contributed by atoms with Gasteiger partial charge in [0.25, 0.3) is 0 Å². The van der Waals surface area contributed by atoms with Gasteiger partial charge in [0, 0.05) is 6.04 Å². The Morgan fingerprint density at radius 3 is 1.97 bits per heavy atom. The monoisotopic (exact) mass is 471 g/mol. The largest absolute Gasteiger partial charge is 0.352 e. The number of fused-ring (bicyclic) bond motifs is 1. The standard InChI is InChI=1S/C29H33N3O3/c1-19(29-14-21-11-22(15-29)13-23(12-21)16-29)30-26(33)18-32-25-10-6-5-9-24(25)31(27(34)28(32)35)17-20-7-3-2-4-8-20/h2-10,19,21-23H,11-18H2,1H3,(H,30,33). The van der Waals surface area contributed by atoms with Gasteiger partial charge in [-0.2, -0.15) is 0 Å². The van der Waals surface area contributed by atoms with Crippen molar-refractivity contribution in [3.05, 3.63) is 80.9 Å². The van der Waals surface area contributed by atoms with Crippen molar-refractivity contribution in [2.75, 3.05) is 0 Å². The Balaban J connectivity index is 1.27. The maximum atomic E-state index is 13.2. The Hall–Kier alpha value is -3.15. The van der Waals surface area contributed by atoms with Gasteiger partial charge in [0.15, 0.2) is 0 Å². The second-order valence-electron chi connectivity index (χ2n) is 11.3. The molecule has 0 radical (unpaired) electrons. The van der Waals surface area contributed by atoms with Crippen molar-refractivity contribution in [1.82, 2.24) is 14.5 Å². The molecule has 1 N–H and O–H groups in total. The topological polar surface area (TPSA) is 73.1 Å². The summed E-state index contributed by atoms with van der Waals surface area (Å²) < 4.78 is 2.86. The molecule has 4 bridgehead atoms. The van der Waals surface area contributed by atoms with E-state index in [4.69, 9.17) is 0 Å². The summed E-state index contributed by atoms with van der Waals surface area (Å²) in [6.45, 7) is 2.31. The van der Waals surface area contributed by atoms with Gasteiger partial charge in [-0.15, -0.1) is 0 Å². The highest BCUT2D eigenvalue weighted by atomic mass is 16.2. The van der Waals surface area contributed by atoms with Crippen molar-refractivity contribution >= 4 is 16.9 Å². The molecule has 0 spiro atoms. The molecule has 4 fully saturated rings. The summed E-state index contributed by atoms with van der Waals surface area (Å²) in [6.07, 6.45) is 7.71. The molecule has 2 aromatic carbocycles. The third-order valence-corrected chi connectivity index (χ3v) is 9.00. The molecule has 0 aliphatic heterocycles. The fraction of sp³-hybridized carbons (Fsp3) is 0.483. The van der Waals surface area contributed by atoms with Crippen LogP contribution in [0.15, 0.2) is 64.2 Å². The van der Waals surface area contributed by atoms with Crippen molar-refractivity contribution < 1.29 is 4.79 Å². The molecule has 1 heterocycles. The molecule has 6 nitrogen and oxygen atoms in total. The zero-order chi connectivity index (χ0) is 24.2. The van der Waals surface area contributed by atoms with Crippen LogP contribution in [0.1, 0.15) is 51.0 Å². The first-order chi connectivity index (χ1) is 16.9. The molecule has 4 saturated carbocycles. The normalized spacial score (nSPS) is 27.7.